The zero-order chi connectivity index (χ0) is 17.7. The fourth-order valence-corrected chi connectivity index (χ4v) is 1.25. The molecule has 5 atom stereocenters. The van der Waals surface area contributed by atoms with Crippen molar-refractivity contribution in [3.05, 3.63) is 0 Å². The fraction of sp³-hybridized carbons (Fsp3) is 0.833. The normalized spacial score (nSPS) is 16.7. The number of aldehydes is 1. The van der Waals surface area contributed by atoms with Crippen LogP contribution in [0.1, 0.15) is 19.3 Å². The maximum atomic E-state index is 10.1. The molecule has 0 bridgehead atoms. The monoisotopic (exact) mass is 408 g/mol. The molecule has 0 aromatic heterocycles. The van der Waals surface area contributed by atoms with E-state index in [0.717, 1.165) is 12.8 Å². The average molecular weight is 407 g/mol. The number of rotatable bonds is 10. The van der Waals surface area contributed by atoms with Crippen LogP contribution in [-0.2, 0) is 9.59 Å². The number of hydrogen-bond acceptors (Lipinski definition) is 9. The molecule has 0 rings (SSSR count). The molecular weight excluding hydrogens is 379 g/mol. The summed E-state index contributed by atoms with van der Waals surface area (Å²) >= 11 is 0. The van der Waals surface area contributed by atoms with Gasteiger partial charge in [0.25, 0.3) is 0 Å². The van der Waals surface area contributed by atoms with Crippen LogP contribution in [0.5, 0.6) is 0 Å². The van der Waals surface area contributed by atoms with Crippen LogP contribution in [0.2, 0.25) is 0 Å². The third kappa shape index (κ3) is 13.5. The molecule has 10 N–H and O–H groups in total. The Hall–Kier alpha value is -0.621. The SMILES string of the molecule is NCCCCC(N)C(=O)O.O=CC(O)C(O)C(O)C(O)CO.[SeH2]. The van der Waals surface area contributed by atoms with E-state index < -0.39 is 43.0 Å². The number of carbonyl (C=O) groups excluding carboxylic acids is 1. The number of carboxylic acid groups (broad SMARTS) is 1. The predicted octanol–water partition coefficient (Wildman–Crippen LogP) is -4.77. The summed E-state index contributed by atoms with van der Waals surface area (Å²) in [5, 5.41) is 51.9. The van der Waals surface area contributed by atoms with Gasteiger partial charge in [0.05, 0.1) is 6.61 Å². The molecule has 0 heterocycles. The minimum absolute atomic E-state index is 0. The van der Waals surface area contributed by atoms with Crippen LogP contribution in [0.25, 0.3) is 0 Å². The van der Waals surface area contributed by atoms with E-state index in [4.69, 9.17) is 42.1 Å². The Labute approximate surface area is 144 Å². The summed E-state index contributed by atoms with van der Waals surface area (Å²) in [6.45, 7) is -0.157. The molecular formula is C12H28N2O8Se. The Morgan fingerprint density at radius 3 is 1.96 bits per heavy atom. The van der Waals surface area contributed by atoms with Crippen molar-refractivity contribution in [2.45, 2.75) is 49.7 Å². The van der Waals surface area contributed by atoms with Gasteiger partial charge in [0.2, 0.25) is 0 Å². The summed E-state index contributed by atoms with van der Waals surface area (Å²) in [7, 11) is 0. The molecule has 10 nitrogen and oxygen atoms in total. The van der Waals surface area contributed by atoms with Crippen molar-refractivity contribution in [1.82, 2.24) is 0 Å². The number of carbonyl (C=O) groups is 2. The van der Waals surface area contributed by atoms with E-state index in [1.807, 2.05) is 0 Å². The van der Waals surface area contributed by atoms with Crippen LogP contribution in [0.4, 0.5) is 0 Å². The van der Waals surface area contributed by atoms with Crippen molar-refractivity contribution < 1.29 is 40.2 Å². The second-order valence-corrected chi connectivity index (χ2v) is 4.59. The first-order chi connectivity index (χ1) is 10.2. The fourth-order valence-electron chi connectivity index (χ4n) is 1.25. The van der Waals surface area contributed by atoms with Gasteiger partial charge in [0.15, 0.2) is 6.29 Å². The Balaban J connectivity index is -0.000000338. The standard InChI is InChI=1S/C6H14N2O2.C6H12O6.H2Se/c7-4-2-1-3-5(8)6(9)10;7-1-3(9)5(11)6(12)4(10)2-8;/h5H,1-4,7-8H2,(H,9,10);1,3-6,8-12H,2H2;1H2. The van der Waals surface area contributed by atoms with E-state index in [1.54, 1.807) is 0 Å². The van der Waals surface area contributed by atoms with Gasteiger partial charge in [-0.05, 0) is 19.4 Å². The van der Waals surface area contributed by atoms with Gasteiger partial charge in [0.1, 0.15) is 30.5 Å². The van der Waals surface area contributed by atoms with Crippen LogP contribution in [0.15, 0.2) is 0 Å². The number of unbranched alkanes of at least 4 members (excludes halogenated alkanes) is 1. The molecule has 0 saturated carbocycles. The van der Waals surface area contributed by atoms with E-state index in [0.29, 0.717) is 13.0 Å². The number of nitrogens with two attached hydrogens (primary N) is 2. The van der Waals surface area contributed by atoms with Gasteiger partial charge >= 0.3 is 23.0 Å². The van der Waals surface area contributed by atoms with Gasteiger partial charge in [-0.2, -0.15) is 0 Å². The predicted molar refractivity (Wildman–Crippen MR) is 84.2 cm³/mol. The van der Waals surface area contributed by atoms with Gasteiger partial charge < -0.3 is 46.9 Å². The zero-order valence-electron chi connectivity index (χ0n) is 12.7. The minimum atomic E-state index is -1.79. The quantitative estimate of drug-likeness (QED) is 0.0985. The van der Waals surface area contributed by atoms with Crippen molar-refractivity contribution in [2.75, 3.05) is 13.2 Å². The van der Waals surface area contributed by atoms with Crippen LogP contribution in [-0.4, -0.2) is 104 Å². The van der Waals surface area contributed by atoms with Crippen molar-refractivity contribution in [2.24, 2.45) is 11.5 Å². The molecule has 0 amide bonds. The third-order valence-electron chi connectivity index (χ3n) is 2.71. The Morgan fingerprint density at radius 2 is 1.61 bits per heavy atom. The van der Waals surface area contributed by atoms with Crippen molar-refractivity contribution >= 4 is 29.3 Å². The maximum absolute atomic E-state index is 10.1. The van der Waals surface area contributed by atoms with Gasteiger partial charge in [-0.3, -0.25) is 4.79 Å². The summed E-state index contributed by atoms with van der Waals surface area (Å²) in [5.74, 6) is -0.933. The number of hydrogen-bond donors (Lipinski definition) is 8. The number of aliphatic carboxylic acids is 1. The molecule has 0 fully saturated rings. The first-order valence-electron chi connectivity index (χ1n) is 6.69. The van der Waals surface area contributed by atoms with Gasteiger partial charge in [-0.1, -0.05) is 6.42 Å². The van der Waals surface area contributed by atoms with Crippen LogP contribution >= 0.6 is 0 Å². The molecule has 0 aliphatic carbocycles. The first kappa shape index (κ1) is 27.2. The molecule has 23 heavy (non-hydrogen) atoms. The molecule has 0 aromatic carbocycles. The van der Waals surface area contributed by atoms with E-state index in [2.05, 4.69) is 0 Å². The molecule has 140 valence electrons. The number of aliphatic hydroxyl groups excluding tert-OH is 5. The molecule has 0 spiro atoms. The van der Waals surface area contributed by atoms with Gasteiger partial charge in [0, 0.05) is 0 Å². The molecule has 0 aromatic rings. The third-order valence-corrected chi connectivity index (χ3v) is 2.71. The molecule has 5 unspecified atom stereocenters. The topological polar surface area (TPSA) is 208 Å². The first-order valence-corrected chi connectivity index (χ1v) is 6.69. The van der Waals surface area contributed by atoms with E-state index in [9.17, 15) is 9.59 Å². The van der Waals surface area contributed by atoms with Crippen molar-refractivity contribution in [1.29, 1.82) is 0 Å². The number of aliphatic hydroxyl groups is 5. The summed E-state index contributed by atoms with van der Waals surface area (Å²) in [6.07, 6.45) is -4.68. The van der Waals surface area contributed by atoms with E-state index in [-0.39, 0.29) is 23.4 Å². The molecule has 0 aliphatic rings. The van der Waals surface area contributed by atoms with Gasteiger partial charge in [-0.15, -0.1) is 0 Å². The van der Waals surface area contributed by atoms with Crippen molar-refractivity contribution in [3.8, 4) is 0 Å². The summed E-state index contributed by atoms with van der Waals surface area (Å²) in [5.41, 5.74) is 10.4. The molecule has 0 radical (unpaired) electrons. The number of carboxylic acids is 1. The van der Waals surface area contributed by atoms with E-state index in [1.165, 1.54) is 0 Å². The molecule has 11 heteroatoms. The summed E-state index contributed by atoms with van der Waals surface area (Å²) in [6, 6.07) is -0.716. The van der Waals surface area contributed by atoms with E-state index >= 15 is 0 Å². The second-order valence-electron chi connectivity index (χ2n) is 4.59. The summed E-state index contributed by atoms with van der Waals surface area (Å²) < 4.78 is 0. The molecule has 0 saturated heterocycles. The Morgan fingerprint density at radius 1 is 1.09 bits per heavy atom. The van der Waals surface area contributed by atoms with Crippen molar-refractivity contribution in [3.63, 3.8) is 0 Å². The Kier molecular flexibility index (Phi) is 19.2. The summed E-state index contributed by atoms with van der Waals surface area (Å²) in [4.78, 5) is 20.0. The zero-order valence-corrected chi connectivity index (χ0v) is 14.8. The van der Waals surface area contributed by atoms with Crippen LogP contribution < -0.4 is 11.5 Å². The second kappa shape index (κ2) is 16.2. The average Bonchev–Trinajstić information content (AvgIpc) is 2.52. The Bertz CT molecular complexity index is 311. The van der Waals surface area contributed by atoms with Crippen LogP contribution in [0.3, 0.4) is 0 Å². The van der Waals surface area contributed by atoms with Crippen LogP contribution in [0, 0.1) is 0 Å². The van der Waals surface area contributed by atoms with Gasteiger partial charge in [-0.25, -0.2) is 0 Å². The molecule has 0 aliphatic heterocycles.